The molecule has 0 spiro atoms. The Morgan fingerprint density at radius 1 is 1.60 bits per heavy atom. The van der Waals surface area contributed by atoms with Gasteiger partial charge < -0.3 is 5.11 Å². The fourth-order valence-corrected chi connectivity index (χ4v) is 1.18. The van der Waals surface area contributed by atoms with Gasteiger partial charge in [-0.1, -0.05) is 18.2 Å². The molecule has 3 heteroatoms. The fraction of sp³-hybridized carbons (Fsp3) is 0.167. The van der Waals surface area contributed by atoms with Crippen LogP contribution in [-0.4, -0.2) is 11.1 Å². The molecule has 0 amide bonds. The summed E-state index contributed by atoms with van der Waals surface area (Å²) in [5.74, 6) is -0.861. The quantitative estimate of drug-likeness (QED) is 0.816. The molecule has 76 valence electrons. The molecular weight excluding hydrogens is 190 g/mol. The second-order valence-electron chi connectivity index (χ2n) is 3.18. The van der Waals surface area contributed by atoms with Crippen LogP contribution in [0.3, 0.4) is 0 Å². The first-order chi connectivity index (χ1) is 7.13. The van der Waals surface area contributed by atoms with E-state index < -0.39 is 5.97 Å². The third-order valence-electron chi connectivity index (χ3n) is 2.00. The van der Waals surface area contributed by atoms with Gasteiger partial charge in [0.1, 0.15) is 0 Å². The molecule has 0 bridgehead atoms. The Balaban J connectivity index is 2.89. The molecule has 0 aromatic heterocycles. The van der Waals surface area contributed by atoms with Crippen LogP contribution in [0.5, 0.6) is 0 Å². The van der Waals surface area contributed by atoms with E-state index in [1.165, 1.54) is 0 Å². The summed E-state index contributed by atoms with van der Waals surface area (Å²) < 4.78 is 0. The highest BCUT2D eigenvalue weighted by atomic mass is 16.4. The normalized spacial score (nSPS) is 10.1. The van der Waals surface area contributed by atoms with E-state index in [-0.39, 0.29) is 6.42 Å². The molecule has 1 aromatic rings. The second kappa shape index (κ2) is 4.97. The molecule has 0 radical (unpaired) electrons. The SMILES string of the molecule is Cc1ccc(C#N)cc1C=CCC(=O)O. The maximum Gasteiger partial charge on any atom is 0.307 e. The highest BCUT2D eigenvalue weighted by Gasteiger charge is 1.97. The number of hydrogen-bond donors (Lipinski definition) is 1. The van der Waals surface area contributed by atoms with Crippen LogP contribution in [0, 0.1) is 18.3 Å². The number of aryl methyl sites for hydroxylation is 1. The Bertz CT molecular complexity index is 441. The molecule has 0 aliphatic heterocycles. The lowest BCUT2D eigenvalue weighted by Crippen LogP contribution is -1.90. The third-order valence-corrected chi connectivity index (χ3v) is 2.00. The van der Waals surface area contributed by atoms with Crippen LogP contribution >= 0.6 is 0 Å². The molecule has 0 atom stereocenters. The monoisotopic (exact) mass is 201 g/mol. The summed E-state index contributed by atoms with van der Waals surface area (Å²) in [4.78, 5) is 10.3. The third kappa shape index (κ3) is 3.28. The molecule has 0 saturated heterocycles. The number of rotatable bonds is 3. The van der Waals surface area contributed by atoms with Crippen LogP contribution in [0.4, 0.5) is 0 Å². The Morgan fingerprint density at radius 2 is 2.33 bits per heavy atom. The van der Waals surface area contributed by atoms with E-state index >= 15 is 0 Å². The Hall–Kier alpha value is -2.08. The minimum Gasteiger partial charge on any atom is -0.481 e. The molecule has 1 aromatic carbocycles. The zero-order valence-electron chi connectivity index (χ0n) is 8.40. The van der Waals surface area contributed by atoms with Gasteiger partial charge in [-0.05, 0) is 30.2 Å². The predicted octanol–water partition coefficient (Wildman–Crippen LogP) is 2.35. The van der Waals surface area contributed by atoms with Crippen molar-refractivity contribution in [3.05, 3.63) is 41.0 Å². The first-order valence-electron chi connectivity index (χ1n) is 4.52. The lowest BCUT2D eigenvalue weighted by atomic mass is 10.0. The largest absolute Gasteiger partial charge is 0.481 e. The molecule has 1 rings (SSSR count). The van der Waals surface area contributed by atoms with Crippen LogP contribution in [0.1, 0.15) is 23.1 Å². The molecule has 0 unspecified atom stereocenters. The van der Waals surface area contributed by atoms with Gasteiger partial charge >= 0.3 is 5.97 Å². The van der Waals surface area contributed by atoms with Gasteiger partial charge in [0, 0.05) is 0 Å². The van der Waals surface area contributed by atoms with E-state index in [1.807, 2.05) is 19.1 Å². The number of nitriles is 1. The molecular formula is C12H11NO2. The number of benzene rings is 1. The Morgan fingerprint density at radius 3 is 2.93 bits per heavy atom. The number of nitrogens with zero attached hydrogens (tertiary/aromatic N) is 1. The molecule has 0 fully saturated rings. The van der Waals surface area contributed by atoms with E-state index in [1.54, 1.807) is 24.3 Å². The van der Waals surface area contributed by atoms with Gasteiger partial charge in [0.25, 0.3) is 0 Å². The van der Waals surface area contributed by atoms with Gasteiger partial charge in [0.05, 0.1) is 18.1 Å². The smallest absolute Gasteiger partial charge is 0.307 e. The summed E-state index contributed by atoms with van der Waals surface area (Å²) in [6.07, 6.45) is 3.30. The lowest BCUT2D eigenvalue weighted by Gasteiger charge is -1.99. The molecule has 0 aliphatic carbocycles. The molecule has 0 saturated carbocycles. The summed E-state index contributed by atoms with van der Waals surface area (Å²) in [5, 5.41) is 17.2. The highest BCUT2D eigenvalue weighted by Crippen LogP contribution is 2.12. The predicted molar refractivity (Wildman–Crippen MR) is 57.2 cm³/mol. The van der Waals surface area contributed by atoms with Crippen LogP contribution in [0.25, 0.3) is 6.08 Å². The van der Waals surface area contributed by atoms with Gasteiger partial charge in [-0.3, -0.25) is 4.79 Å². The van der Waals surface area contributed by atoms with Crippen molar-refractivity contribution >= 4 is 12.0 Å². The van der Waals surface area contributed by atoms with Crippen molar-refractivity contribution in [1.29, 1.82) is 5.26 Å². The van der Waals surface area contributed by atoms with Crippen LogP contribution in [0.2, 0.25) is 0 Å². The average molecular weight is 201 g/mol. The van der Waals surface area contributed by atoms with Crippen LogP contribution < -0.4 is 0 Å². The van der Waals surface area contributed by atoms with Crippen molar-refractivity contribution in [3.8, 4) is 6.07 Å². The van der Waals surface area contributed by atoms with Crippen molar-refractivity contribution in [1.82, 2.24) is 0 Å². The second-order valence-corrected chi connectivity index (χ2v) is 3.18. The zero-order chi connectivity index (χ0) is 11.3. The minimum absolute atomic E-state index is 0.00375. The first kappa shape index (κ1) is 11.0. The van der Waals surface area contributed by atoms with E-state index in [0.717, 1.165) is 11.1 Å². The molecule has 0 aliphatic rings. The number of aliphatic carboxylic acids is 1. The van der Waals surface area contributed by atoms with Crippen molar-refractivity contribution in [2.24, 2.45) is 0 Å². The topological polar surface area (TPSA) is 61.1 Å². The van der Waals surface area contributed by atoms with Gasteiger partial charge in [0.2, 0.25) is 0 Å². The van der Waals surface area contributed by atoms with Gasteiger partial charge in [-0.25, -0.2) is 0 Å². The van der Waals surface area contributed by atoms with E-state index in [4.69, 9.17) is 10.4 Å². The summed E-state index contributed by atoms with van der Waals surface area (Å²) in [7, 11) is 0. The van der Waals surface area contributed by atoms with Crippen LogP contribution in [0.15, 0.2) is 24.3 Å². The number of hydrogen-bond acceptors (Lipinski definition) is 2. The summed E-state index contributed by atoms with van der Waals surface area (Å²) in [6, 6.07) is 7.37. The molecule has 1 N–H and O–H groups in total. The average Bonchev–Trinajstić information content (AvgIpc) is 2.20. The number of carbonyl (C=O) groups is 1. The van der Waals surface area contributed by atoms with E-state index in [9.17, 15) is 4.79 Å². The van der Waals surface area contributed by atoms with Crippen molar-refractivity contribution in [2.45, 2.75) is 13.3 Å². The van der Waals surface area contributed by atoms with Crippen molar-refractivity contribution in [2.75, 3.05) is 0 Å². The van der Waals surface area contributed by atoms with Crippen LogP contribution in [-0.2, 0) is 4.79 Å². The van der Waals surface area contributed by atoms with Gasteiger partial charge in [-0.2, -0.15) is 5.26 Å². The fourth-order valence-electron chi connectivity index (χ4n) is 1.18. The minimum atomic E-state index is -0.861. The summed E-state index contributed by atoms with van der Waals surface area (Å²) in [6.45, 7) is 1.92. The maximum absolute atomic E-state index is 10.3. The van der Waals surface area contributed by atoms with Crippen molar-refractivity contribution < 1.29 is 9.90 Å². The van der Waals surface area contributed by atoms with Crippen molar-refractivity contribution in [3.63, 3.8) is 0 Å². The number of carboxylic acid groups (broad SMARTS) is 1. The molecule has 0 heterocycles. The summed E-state index contributed by atoms with van der Waals surface area (Å²) in [5.41, 5.74) is 2.49. The Labute approximate surface area is 88.3 Å². The molecule has 3 nitrogen and oxygen atoms in total. The highest BCUT2D eigenvalue weighted by molar-refractivity contribution is 5.70. The summed E-state index contributed by atoms with van der Waals surface area (Å²) >= 11 is 0. The number of carboxylic acids is 1. The van der Waals surface area contributed by atoms with E-state index in [2.05, 4.69) is 0 Å². The zero-order valence-corrected chi connectivity index (χ0v) is 8.40. The lowest BCUT2D eigenvalue weighted by molar-refractivity contribution is -0.135. The van der Waals surface area contributed by atoms with E-state index in [0.29, 0.717) is 5.56 Å². The standard InChI is InChI=1S/C12H11NO2/c1-9-5-6-10(8-13)7-11(9)3-2-4-12(14)15/h2-3,5-7H,4H2,1H3,(H,14,15). The van der Waals surface area contributed by atoms with Gasteiger partial charge in [-0.15, -0.1) is 0 Å². The molecule has 15 heavy (non-hydrogen) atoms. The Kier molecular flexibility index (Phi) is 3.64. The van der Waals surface area contributed by atoms with Gasteiger partial charge in [0.15, 0.2) is 0 Å². The first-order valence-corrected chi connectivity index (χ1v) is 4.52. The maximum atomic E-state index is 10.3.